The van der Waals surface area contributed by atoms with Gasteiger partial charge in [0.25, 0.3) is 0 Å². The Kier molecular flexibility index (Phi) is 2.93. The third-order valence-electron chi connectivity index (χ3n) is 3.13. The fourth-order valence-corrected chi connectivity index (χ4v) is 2.25. The van der Waals surface area contributed by atoms with Crippen LogP contribution in [0.3, 0.4) is 0 Å². The van der Waals surface area contributed by atoms with E-state index in [-0.39, 0.29) is 6.10 Å². The van der Waals surface area contributed by atoms with Crippen molar-refractivity contribution in [3.8, 4) is 5.69 Å². The van der Waals surface area contributed by atoms with E-state index in [1.807, 2.05) is 35.2 Å². The molecule has 1 aliphatic rings. The second kappa shape index (κ2) is 4.73. The molecule has 18 heavy (non-hydrogen) atoms. The first kappa shape index (κ1) is 11.2. The Morgan fingerprint density at radius 3 is 2.83 bits per heavy atom. The molecule has 1 aromatic carbocycles. The van der Waals surface area contributed by atoms with Crippen molar-refractivity contribution in [3.63, 3.8) is 0 Å². The van der Waals surface area contributed by atoms with Crippen molar-refractivity contribution in [3.05, 3.63) is 30.3 Å². The van der Waals surface area contributed by atoms with Crippen LogP contribution in [-0.4, -0.2) is 44.5 Å². The normalized spacial score (nSPS) is 20.1. The van der Waals surface area contributed by atoms with Crippen molar-refractivity contribution in [2.75, 3.05) is 18.0 Å². The first-order valence-corrected chi connectivity index (χ1v) is 6.11. The summed E-state index contributed by atoms with van der Waals surface area (Å²) >= 11 is 0. The smallest absolute Gasteiger partial charge is 0.250 e. The fraction of sp³-hybridized carbons (Fsp3) is 0.417. The molecule has 2 heterocycles. The van der Waals surface area contributed by atoms with Crippen molar-refractivity contribution in [2.45, 2.75) is 18.9 Å². The predicted molar refractivity (Wildman–Crippen MR) is 66.6 cm³/mol. The standard InChI is InChI=1S/C12H15N5O/c18-11-7-4-8-16(9-11)12-13-14-15-17(12)10-5-2-1-3-6-10/h1-3,5-6,11,18H,4,7-9H2/t11-/m1/s1. The molecule has 1 saturated heterocycles. The maximum atomic E-state index is 9.72. The summed E-state index contributed by atoms with van der Waals surface area (Å²) in [5.74, 6) is 0.694. The Hall–Kier alpha value is -1.95. The molecule has 1 aliphatic heterocycles. The Labute approximate surface area is 105 Å². The van der Waals surface area contributed by atoms with E-state index < -0.39 is 0 Å². The minimum atomic E-state index is -0.292. The van der Waals surface area contributed by atoms with Crippen LogP contribution in [0.5, 0.6) is 0 Å². The van der Waals surface area contributed by atoms with Gasteiger partial charge >= 0.3 is 0 Å². The summed E-state index contributed by atoms with van der Waals surface area (Å²) in [5, 5.41) is 21.5. The first-order chi connectivity index (χ1) is 8.84. The number of hydrogen-bond acceptors (Lipinski definition) is 5. The SMILES string of the molecule is O[C@@H]1CCCN(c2nnnn2-c2ccccc2)C1. The minimum absolute atomic E-state index is 0.292. The number of benzene rings is 1. The Morgan fingerprint density at radius 2 is 2.06 bits per heavy atom. The third-order valence-corrected chi connectivity index (χ3v) is 3.13. The number of nitrogens with zero attached hydrogens (tertiary/aromatic N) is 5. The summed E-state index contributed by atoms with van der Waals surface area (Å²) < 4.78 is 1.71. The molecule has 0 amide bonds. The van der Waals surface area contributed by atoms with Crippen LogP contribution in [0.25, 0.3) is 5.69 Å². The van der Waals surface area contributed by atoms with Crippen molar-refractivity contribution in [1.29, 1.82) is 0 Å². The van der Waals surface area contributed by atoms with Gasteiger partial charge in [-0.3, -0.25) is 0 Å². The van der Waals surface area contributed by atoms with Crippen LogP contribution < -0.4 is 4.90 Å². The lowest BCUT2D eigenvalue weighted by atomic mass is 10.1. The molecular formula is C12H15N5O. The second-order valence-corrected chi connectivity index (χ2v) is 4.47. The highest BCUT2D eigenvalue weighted by Gasteiger charge is 2.22. The molecule has 0 bridgehead atoms. The number of anilines is 1. The summed E-state index contributed by atoms with van der Waals surface area (Å²) in [5.41, 5.74) is 0.928. The molecule has 1 atom stereocenters. The molecule has 1 N–H and O–H groups in total. The van der Waals surface area contributed by atoms with E-state index in [2.05, 4.69) is 15.5 Å². The number of β-amino-alcohol motifs (C(OH)–C–C–N with tert-alkyl or cyclic N) is 1. The highest BCUT2D eigenvalue weighted by atomic mass is 16.3. The van der Waals surface area contributed by atoms with Crippen LogP contribution in [0.15, 0.2) is 30.3 Å². The Balaban J connectivity index is 1.92. The molecule has 1 fully saturated rings. The molecule has 0 aliphatic carbocycles. The molecule has 2 aromatic rings. The zero-order valence-electron chi connectivity index (χ0n) is 9.98. The molecule has 0 saturated carbocycles. The lowest BCUT2D eigenvalue weighted by Crippen LogP contribution is -2.39. The lowest BCUT2D eigenvalue weighted by molar-refractivity contribution is 0.153. The average Bonchev–Trinajstić information content (AvgIpc) is 2.89. The van der Waals surface area contributed by atoms with Crippen molar-refractivity contribution in [1.82, 2.24) is 20.2 Å². The monoisotopic (exact) mass is 245 g/mol. The van der Waals surface area contributed by atoms with Crippen LogP contribution in [0, 0.1) is 0 Å². The van der Waals surface area contributed by atoms with Crippen LogP contribution in [-0.2, 0) is 0 Å². The molecule has 1 aromatic heterocycles. The summed E-state index contributed by atoms with van der Waals surface area (Å²) in [6.45, 7) is 1.47. The number of hydrogen-bond donors (Lipinski definition) is 1. The number of piperidine rings is 1. The van der Waals surface area contributed by atoms with Crippen molar-refractivity contribution in [2.24, 2.45) is 0 Å². The Bertz CT molecular complexity index is 512. The fourth-order valence-electron chi connectivity index (χ4n) is 2.25. The van der Waals surface area contributed by atoms with Crippen LogP contribution >= 0.6 is 0 Å². The molecule has 0 radical (unpaired) electrons. The molecule has 94 valence electrons. The molecule has 0 spiro atoms. The van der Waals surface area contributed by atoms with Gasteiger partial charge in [0.2, 0.25) is 5.95 Å². The number of rotatable bonds is 2. The average molecular weight is 245 g/mol. The number of tetrazole rings is 1. The highest BCUT2D eigenvalue weighted by Crippen LogP contribution is 2.19. The number of para-hydroxylation sites is 1. The van der Waals surface area contributed by atoms with Gasteiger partial charge in [-0.05, 0) is 35.4 Å². The van der Waals surface area contributed by atoms with E-state index in [0.717, 1.165) is 25.1 Å². The van der Waals surface area contributed by atoms with Crippen LogP contribution in [0.1, 0.15) is 12.8 Å². The second-order valence-electron chi connectivity index (χ2n) is 4.47. The van der Waals surface area contributed by atoms with Crippen molar-refractivity contribution >= 4 is 5.95 Å². The molecular weight excluding hydrogens is 230 g/mol. The molecule has 0 unspecified atom stereocenters. The predicted octanol–water partition coefficient (Wildman–Crippen LogP) is 0.623. The zero-order chi connectivity index (χ0) is 12.4. The quantitative estimate of drug-likeness (QED) is 0.840. The largest absolute Gasteiger partial charge is 0.391 e. The maximum Gasteiger partial charge on any atom is 0.250 e. The van der Waals surface area contributed by atoms with Gasteiger partial charge in [0.1, 0.15) is 0 Å². The van der Waals surface area contributed by atoms with E-state index in [9.17, 15) is 5.11 Å². The van der Waals surface area contributed by atoms with E-state index >= 15 is 0 Å². The summed E-state index contributed by atoms with van der Waals surface area (Å²) in [7, 11) is 0. The van der Waals surface area contributed by atoms with Crippen LogP contribution in [0.4, 0.5) is 5.95 Å². The van der Waals surface area contributed by atoms with E-state index in [0.29, 0.717) is 12.5 Å². The van der Waals surface area contributed by atoms with Gasteiger partial charge in [0.05, 0.1) is 11.8 Å². The minimum Gasteiger partial charge on any atom is -0.391 e. The van der Waals surface area contributed by atoms with Crippen molar-refractivity contribution < 1.29 is 5.11 Å². The van der Waals surface area contributed by atoms with Gasteiger partial charge in [-0.2, -0.15) is 4.68 Å². The maximum absolute atomic E-state index is 9.72. The van der Waals surface area contributed by atoms with E-state index in [4.69, 9.17) is 0 Å². The molecule has 6 nitrogen and oxygen atoms in total. The van der Waals surface area contributed by atoms with Crippen LogP contribution in [0.2, 0.25) is 0 Å². The molecule has 6 heteroatoms. The van der Waals surface area contributed by atoms with E-state index in [1.54, 1.807) is 4.68 Å². The summed E-state index contributed by atoms with van der Waals surface area (Å²) in [6.07, 6.45) is 1.52. The van der Waals surface area contributed by atoms with Gasteiger partial charge in [-0.15, -0.1) is 0 Å². The highest BCUT2D eigenvalue weighted by molar-refractivity contribution is 5.40. The number of aliphatic hydroxyl groups excluding tert-OH is 1. The number of aromatic nitrogens is 4. The lowest BCUT2D eigenvalue weighted by Gasteiger charge is -2.30. The van der Waals surface area contributed by atoms with Gasteiger partial charge in [-0.1, -0.05) is 23.3 Å². The van der Waals surface area contributed by atoms with Gasteiger partial charge in [0, 0.05) is 13.1 Å². The van der Waals surface area contributed by atoms with Gasteiger partial charge < -0.3 is 10.0 Å². The van der Waals surface area contributed by atoms with Gasteiger partial charge in [0.15, 0.2) is 0 Å². The number of aliphatic hydroxyl groups is 1. The van der Waals surface area contributed by atoms with E-state index in [1.165, 1.54) is 0 Å². The Morgan fingerprint density at radius 1 is 1.22 bits per heavy atom. The first-order valence-electron chi connectivity index (χ1n) is 6.11. The topological polar surface area (TPSA) is 67.1 Å². The summed E-state index contributed by atoms with van der Waals surface area (Å²) in [4.78, 5) is 2.03. The van der Waals surface area contributed by atoms with Gasteiger partial charge in [-0.25, -0.2) is 0 Å². The molecule has 3 rings (SSSR count). The third kappa shape index (κ3) is 2.06. The summed E-state index contributed by atoms with van der Waals surface area (Å²) in [6, 6.07) is 9.77. The zero-order valence-corrected chi connectivity index (χ0v) is 9.98.